The van der Waals surface area contributed by atoms with E-state index in [9.17, 15) is 9.90 Å². The monoisotopic (exact) mass is 258 g/mol. The van der Waals surface area contributed by atoms with Crippen LogP contribution in [0.4, 0.5) is 0 Å². The van der Waals surface area contributed by atoms with Crippen LogP contribution in [0.3, 0.4) is 0 Å². The molecule has 0 radical (unpaired) electrons. The molecular weight excluding hydrogens is 244 g/mol. The molecule has 1 aromatic heterocycles. The van der Waals surface area contributed by atoms with Gasteiger partial charge < -0.3 is 9.84 Å². The first kappa shape index (κ1) is 12.9. The van der Waals surface area contributed by atoms with Crippen molar-refractivity contribution in [1.29, 1.82) is 0 Å². The Bertz CT molecular complexity index is 629. The van der Waals surface area contributed by atoms with Gasteiger partial charge in [-0.2, -0.15) is 5.10 Å². The molecule has 0 atom stereocenters. The van der Waals surface area contributed by atoms with Crippen LogP contribution in [0.1, 0.15) is 15.9 Å². The second-order valence-electron chi connectivity index (χ2n) is 4.03. The van der Waals surface area contributed by atoms with Crippen molar-refractivity contribution in [2.75, 3.05) is 7.11 Å². The van der Waals surface area contributed by atoms with E-state index in [0.29, 0.717) is 11.3 Å². The maximum absolute atomic E-state index is 11.8. The molecule has 0 unspecified atom stereocenters. The van der Waals surface area contributed by atoms with Gasteiger partial charge in [-0.05, 0) is 23.8 Å². The van der Waals surface area contributed by atoms with E-state index < -0.39 is 0 Å². The summed E-state index contributed by atoms with van der Waals surface area (Å²) >= 11 is 0. The molecule has 2 aromatic rings. The molecular formula is C14H14N2O3. The topological polar surface area (TPSA) is 64.3 Å². The van der Waals surface area contributed by atoms with Crippen molar-refractivity contribution in [2.24, 2.45) is 7.05 Å². The van der Waals surface area contributed by atoms with Gasteiger partial charge in [0.05, 0.1) is 18.9 Å². The van der Waals surface area contributed by atoms with Crippen LogP contribution in [0.25, 0.3) is 6.08 Å². The van der Waals surface area contributed by atoms with Crippen molar-refractivity contribution in [3.05, 3.63) is 47.8 Å². The Hall–Kier alpha value is -2.56. The summed E-state index contributed by atoms with van der Waals surface area (Å²) < 4.78 is 6.57. The van der Waals surface area contributed by atoms with Gasteiger partial charge in [0.2, 0.25) is 0 Å². The maximum Gasteiger partial charge on any atom is 0.189 e. The van der Waals surface area contributed by atoms with Crippen LogP contribution in [0.2, 0.25) is 0 Å². The first-order valence-corrected chi connectivity index (χ1v) is 5.68. The average Bonchev–Trinajstić information content (AvgIpc) is 2.84. The molecule has 1 heterocycles. The Balaban J connectivity index is 2.16. The van der Waals surface area contributed by atoms with E-state index in [1.807, 2.05) is 0 Å². The maximum atomic E-state index is 11.8. The van der Waals surface area contributed by atoms with E-state index in [1.54, 1.807) is 36.1 Å². The molecule has 2 rings (SSSR count). The lowest BCUT2D eigenvalue weighted by Gasteiger charge is -2.03. The number of carbonyl (C=O) groups is 1. The van der Waals surface area contributed by atoms with Gasteiger partial charge in [-0.3, -0.25) is 9.48 Å². The molecule has 0 aliphatic carbocycles. The predicted molar refractivity (Wildman–Crippen MR) is 71.2 cm³/mol. The highest BCUT2D eigenvalue weighted by Gasteiger charge is 2.04. The Kier molecular flexibility index (Phi) is 3.66. The third-order valence-electron chi connectivity index (χ3n) is 2.62. The van der Waals surface area contributed by atoms with Gasteiger partial charge in [0.25, 0.3) is 0 Å². The van der Waals surface area contributed by atoms with Crippen LogP contribution in [-0.4, -0.2) is 27.8 Å². The lowest BCUT2D eigenvalue weighted by Crippen LogP contribution is -1.92. The third-order valence-corrected chi connectivity index (χ3v) is 2.62. The van der Waals surface area contributed by atoms with Gasteiger partial charge >= 0.3 is 0 Å². The number of phenolic OH excluding ortho intramolecular Hbond substituents is 1. The van der Waals surface area contributed by atoms with E-state index in [4.69, 9.17) is 4.74 Å². The number of phenols is 1. The minimum absolute atomic E-state index is 0.0678. The van der Waals surface area contributed by atoms with Gasteiger partial charge in [0.1, 0.15) is 0 Å². The zero-order valence-electron chi connectivity index (χ0n) is 10.7. The van der Waals surface area contributed by atoms with Gasteiger partial charge in [0, 0.05) is 13.2 Å². The summed E-state index contributed by atoms with van der Waals surface area (Å²) in [4.78, 5) is 11.8. The van der Waals surface area contributed by atoms with Crippen LogP contribution in [0, 0.1) is 0 Å². The minimum atomic E-state index is -0.125. The summed E-state index contributed by atoms with van der Waals surface area (Å²) in [6, 6.07) is 4.88. The van der Waals surface area contributed by atoms with Gasteiger partial charge in [-0.1, -0.05) is 12.1 Å². The zero-order chi connectivity index (χ0) is 13.8. The number of carbonyl (C=O) groups excluding carboxylic acids is 1. The number of aryl methyl sites for hydroxylation is 1. The average molecular weight is 258 g/mol. The number of hydrogen-bond acceptors (Lipinski definition) is 4. The first-order chi connectivity index (χ1) is 9.10. The fraction of sp³-hybridized carbons (Fsp3) is 0.143. The number of rotatable bonds is 4. The Labute approximate surface area is 110 Å². The van der Waals surface area contributed by atoms with Crippen LogP contribution >= 0.6 is 0 Å². The van der Waals surface area contributed by atoms with Gasteiger partial charge in [-0.15, -0.1) is 0 Å². The fourth-order valence-electron chi connectivity index (χ4n) is 1.61. The van der Waals surface area contributed by atoms with Crippen molar-refractivity contribution in [2.45, 2.75) is 0 Å². The number of benzene rings is 1. The quantitative estimate of drug-likeness (QED) is 0.673. The van der Waals surface area contributed by atoms with E-state index >= 15 is 0 Å². The minimum Gasteiger partial charge on any atom is -0.504 e. The van der Waals surface area contributed by atoms with E-state index in [-0.39, 0.29) is 11.5 Å². The molecule has 0 bridgehead atoms. The Morgan fingerprint density at radius 3 is 2.89 bits per heavy atom. The molecule has 98 valence electrons. The summed E-state index contributed by atoms with van der Waals surface area (Å²) in [5.74, 6) is 0.314. The Morgan fingerprint density at radius 1 is 1.47 bits per heavy atom. The second kappa shape index (κ2) is 5.39. The summed E-state index contributed by atoms with van der Waals surface area (Å²) in [7, 11) is 3.23. The van der Waals surface area contributed by atoms with Gasteiger partial charge in [0.15, 0.2) is 17.3 Å². The summed E-state index contributed by atoms with van der Waals surface area (Å²) in [6.45, 7) is 0. The van der Waals surface area contributed by atoms with E-state index in [2.05, 4.69) is 5.10 Å². The highest BCUT2D eigenvalue weighted by atomic mass is 16.5. The molecule has 0 fully saturated rings. The third kappa shape index (κ3) is 3.01. The SMILES string of the molecule is COc1cc(/C=C/C(=O)c2cnn(C)c2)ccc1O. The lowest BCUT2D eigenvalue weighted by molar-refractivity contribution is 0.104. The molecule has 1 aromatic carbocycles. The van der Waals surface area contributed by atoms with Gasteiger partial charge in [-0.25, -0.2) is 0 Å². The molecule has 0 amide bonds. The molecule has 1 N–H and O–H groups in total. The number of methoxy groups -OCH3 is 1. The number of ketones is 1. The Morgan fingerprint density at radius 2 is 2.26 bits per heavy atom. The zero-order valence-corrected chi connectivity index (χ0v) is 10.7. The van der Waals surface area contributed by atoms with E-state index in [0.717, 1.165) is 5.56 Å². The second-order valence-corrected chi connectivity index (χ2v) is 4.03. The van der Waals surface area contributed by atoms with Crippen molar-refractivity contribution >= 4 is 11.9 Å². The molecule has 0 aliphatic rings. The number of nitrogens with zero attached hydrogens (tertiary/aromatic N) is 2. The molecule has 0 saturated heterocycles. The van der Waals surface area contributed by atoms with Crippen LogP contribution in [-0.2, 0) is 7.05 Å². The lowest BCUT2D eigenvalue weighted by atomic mass is 10.1. The highest BCUT2D eigenvalue weighted by molar-refractivity contribution is 6.06. The number of aromatic nitrogens is 2. The first-order valence-electron chi connectivity index (χ1n) is 5.68. The van der Waals surface area contributed by atoms with Crippen LogP contribution < -0.4 is 4.74 Å². The highest BCUT2D eigenvalue weighted by Crippen LogP contribution is 2.26. The molecule has 0 saturated carbocycles. The molecule has 5 heteroatoms. The normalized spacial score (nSPS) is 10.8. The standard InChI is InChI=1S/C14H14N2O3/c1-16-9-11(8-15-16)12(17)5-3-10-4-6-13(18)14(7-10)19-2/h3-9,18H,1-2H3/b5-3+. The summed E-state index contributed by atoms with van der Waals surface area (Å²) in [5, 5.41) is 13.4. The predicted octanol–water partition coefficient (Wildman–Crippen LogP) is 2.03. The molecule has 5 nitrogen and oxygen atoms in total. The molecule has 19 heavy (non-hydrogen) atoms. The molecule has 0 spiro atoms. The summed E-state index contributed by atoms with van der Waals surface area (Å²) in [5.41, 5.74) is 1.30. The molecule has 0 aliphatic heterocycles. The van der Waals surface area contributed by atoms with Crippen molar-refractivity contribution in [3.8, 4) is 11.5 Å². The van der Waals surface area contributed by atoms with Crippen LogP contribution in [0.15, 0.2) is 36.7 Å². The fourth-order valence-corrected chi connectivity index (χ4v) is 1.61. The number of hydrogen-bond donors (Lipinski definition) is 1. The number of aromatic hydroxyl groups is 1. The summed E-state index contributed by atoms with van der Waals surface area (Å²) in [6.07, 6.45) is 6.30. The number of allylic oxidation sites excluding steroid dienone is 1. The van der Waals surface area contributed by atoms with Crippen molar-refractivity contribution < 1.29 is 14.6 Å². The smallest absolute Gasteiger partial charge is 0.189 e. The number of ether oxygens (including phenoxy) is 1. The van der Waals surface area contributed by atoms with Crippen molar-refractivity contribution in [1.82, 2.24) is 9.78 Å². The van der Waals surface area contributed by atoms with Crippen molar-refractivity contribution in [3.63, 3.8) is 0 Å². The largest absolute Gasteiger partial charge is 0.504 e. The van der Waals surface area contributed by atoms with E-state index in [1.165, 1.54) is 25.4 Å². The van der Waals surface area contributed by atoms with Crippen LogP contribution in [0.5, 0.6) is 11.5 Å².